The summed E-state index contributed by atoms with van der Waals surface area (Å²) >= 11 is 0. The Bertz CT molecular complexity index is 590. The predicted octanol–water partition coefficient (Wildman–Crippen LogP) is 2.83. The summed E-state index contributed by atoms with van der Waals surface area (Å²) in [6.45, 7) is 2.39. The first-order chi connectivity index (χ1) is 11.5. The van der Waals surface area contributed by atoms with E-state index >= 15 is 0 Å². The van der Waals surface area contributed by atoms with Crippen LogP contribution in [0.25, 0.3) is 0 Å². The highest BCUT2D eigenvalue weighted by atomic mass is 16.6. The molecule has 1 aromatic carbocycles. The van der Waals surface area contributed by atoms with Gasteiger partial charge in [0.05, 0.1) is 0 Å². The van der Waals surface area contributed by atoms with Crippen molar-refractivity contribution in [1.82, 2.24) is 14.7 Å². The fourth-order valence-corrected chi connectivity index (χ4v) is 4.21. The van der Waals surface area contributed by atoms with Crippen LogP contribution in [-0.2, 0) is 0 Å². The van der Waals surface area contributed by atoms with E-state index in [-0.39, 0.29) is 6.09 Å². The molecule has 2 saturated heterocycles. The number of nitrogens with zero attached hydrogens (tertiary/aromatic N) is 3. The van der Waals surface area contributed by atoms with Crippen LogP contribution in [0, 0.1) is 5.92 Å². The van der Waals surface area contributed by atoms with E-state index in [1.54, 1.807) is 14.1 Å². The lowest BCUT2D eigenvalue weighted by atomic mass is 9.80. The lowest BCUT2D eigenvalue weighted by Crippen LogP contribution is -2.52. The zero-order chi connectivity index (χ0) is 17.3. The minimum absolute atomic E-state index is 0.334. The zero-order valence-electron chi connectivity index (χ0n) is 15.2. The van der Waals surface area contributed by atoms with E-state index in [1.807, 2.05) is 18.2 Å². The topological polar surface area (TPSA) is 36.0 Å². The Morgan fingerprint density at radius 2 is 2.00 bits per heavy atom. The highest BCUT2D eigenvalue weighted by Gasteiger charge is 2.38. The average Bonchev–Trinajstić information content (AvgIpc) is 2.55. The second-order valence-electron chi connectivity index (χ2n) is 7.47. The summed E-state index contributed by atoms with van der Waals surface area (Å²) in [5.74, 6) is 1.41. The molecule has 0 radical (unpaired) electrons. The van der Waals surface area contributed by atoms with Crippen LogP contribution in [0.5, 0.6) is 5.75 Å². The first kappa shape index (κ1) is 17.2. The summed E-state index contributed by atoms with van der Waals surface area (Å²) in [7, 11) is 7.87. The van der Waals surface area contributed by atoms with Crippen LogP contribution in [0.15, 0.2) is 24.3 Å². The van der Waals surface area contributed by atoms with E-state index < -0.39 is 0 Å². The minimum atomic E-state index is -0.334. The number of rotatable bonds is 2. The molecule has 3 atom stereocenters. The van der Waals surface area contributed by atoms with Crippen molar-refractivity contribution in [3.8, 4) is 5.75 Å². The van der Waals surface area contributed by atoms with Gasteiger partial charge in [-0.3, -0.25) is 4.90 Å². The molecular weight excluding hydrogens is 302 g/mol. The standard InChI is InChI=1S/C19H29N3O2/c1-20(2)19(23)24-16-7-5-6-14(12-16)17-9-8-15-13-21(3)11-10-18(15)22(17)4/h5-7,12,15,17-18H,8-11,13H2,1-4H3/t15-,17+,18-/m1/s1. The van der Waals surface area contributed by atoms with E-state index in [1.165, 1.54) is 36.4 Å². The van der Waals surface area contributed by atoms with Gasteiger partial charge in [-0.25, -0.2) is 4.79 Å². The first-order valence-corrected chi connectivity index (χ1v) is 8.85. The summed E-state index contributed by atoms with van der Waals surface area (Å²) in [6, 6.07) is 9.09. The number of piperidine rings is 2. The van der Waals surface area contributed by atoms with Crippen LogP contribution in [0.1, 0.15) is 30.9 Å². The van der Waals surface area contributed by atoms with Crippen molar-refractivity contribution < 1.29 is 9.53 Å². The van der Waals surface area contributed by atoms with E-state index in [9.17, 15) is 4.79 Å². The van der Waals surface area contributed by atoms with Crippen LogP contribution >= 0.6 is 0 Å². The van der Waals surface area contributed by atoms with E-state index in [0.717, 1.165) is 12.3 Å². The molecule has 5 heteroatoms. The van der Waals surface area contributed by atoms with Gasteiger partial charge in [-0.1, -0.05) is 12.1 Å². The van der Waals surface area contributed by atoms with Crippen LogP contribution in [0.4, 0.5) is 4.79 Å². The molecule has 1 amide bonds. The monoisotopic (exact) mass is 331 g/mol. The molecular formula is C19H29N3O2. The van der Waals surface area contributed by atoms with E-state index in [2.05, 4.69) is 30.0 Å². The van der Waals surface area contributed by atoms with Gasteiger partial charge in [0, 0.05) is 32.7 Å². The van der Waals surface area contributed by atoms with Gasteiger partial charge in [-0.05, 0) is 63.5 Å². The van der Waals surface area contributed by atoms with Crippen molar-refractivity contribution in [3.05, 3.63) is 29.8 Å². The van der Waals surface area contributed by atoms with Crippen LogP contribution < -0.4 is 4.74 Å². The fraction of sp³-hybridized carbons (Fsp3) is 0.632. The highest BCUT2D eigenvalue weighted by Crippen LogP contribution is 2.40. The second kappa shape index (κ2) is 7.11. The molecule has 24 heavy (non-hydrogen) atoms. The third kappa shape index (κ3) is 3.57. The molecule has 2 aliphatic rings. The Morgan fingerprint density at radius 1 is 1.21 bits per heavy atom. The van der Waals surface area contributed by atoms with Crippen molar-refractivity contribution in [2.24, 2.45) is 5.92 Å². The Kier molecular flexibility index (Phi) is 5.11. The fourth-order valence-electron chi connectivity index (χ4n) is 4.21. The van der Waals surface area contributed by atoms with Crippen molar-refractivity contribution in [2.45, 2.75) is 31.3 Å². The molecule has 2 fully saturated rings. The normalized spacial score (nSPS) is 28.2. The molecule has 5 nitrogen and oxygen atoms in total. The molecule has 0 aromatic heterocycles. The molecule has 132 valence electrons. The third-order valence-electron chi connectivity index (χ3n) is 5.54. The van der Waals surface area contributed by atoms with Gasteiger partial charge in [0.25, 0.3) is 0 Å². The molecule has 0 saturated carbocycles. The van der Waals surface area contributed by atoms with Crippen LogP contribution in [0.2, 0.25) is 0 Å². The predicted molar refractivity (Wildman–Crippen MR) is 95.3 cm³/mol. The van der Waals surface area contributed by atoms with E-state index in [4.69, 9.17) is 4.74 Å². The average molecular weight is 331 g/mol. The van der Waals surface area contributed by atoms with Gasteiger partial charge in [-0.15, -0.1) is 0 Å². The van der Waals surface area contributed by atoms with Gasteiger partial charge in [0.15, 0.2) is 0 Å². The summed E-state index contributed by atoms with van der Waals surface area (Å²) in [4.78, 5) is 18.2. The number of carbonyl (C=O) groups excluding carboxylic acids is 1. The summed E-state index contributed by atoms with van der Waals surface area (Å²) in [5, 5.41) is 0. The maximum atomic E-state index is 11.8. The summed E-state index contributed by atoms with van der Waals surface area (Å²) < 4.78 is 5.43. The zero-order valence-corrected chi connectivity index (χ0v) is 15.2. The maximum absolute atomic E-state index is 11.8. The molecule has 0 spiro atoms. The third-order valence-corrected chi connectivity index (χ3v) is 5.54. The lowest BCUT2D eigenvalue weighted by Gasteiger charge is -2.49. The Labute approximate surface area is 145 Å². The molecule has 2 heterocycles. The highest BCUT2D eigenvalue weighted by molar-refractivity contribution is 5.70. The summed E-state index contributed by atoms with van der Waals surface area (Å²) in [5.41, 5.74) is 1.25. The largest absolute Gasteiger partial charge is 0.414 e. The summed E-state index contributed by atoms with van der Waals surface area (Å²) in [6.07, 6.45) is 3.34. The van der Waals surface area contributed by atoms with Crippen LogP contribution in [-0.4, -0.2) is 68.1 Å². The first-order valence-electron chi connectivity index (χ1n) is 8.85. The number of amides is 1. The second-order valence-corrected chi connectivity index (χ2v) is 7.47. The molecule has 0 unspecified atom stereocenters. The molecule has 0 aliphatic carbocycles. The SMILES string of the molecule is CN1CC[C@@H]2[C@H](CC[C@@H](c3cccc(OC(=O)N(C)C)c3)N2C)C1. The molecule has 0 bridgehead atoms. The van der Waals surface area contributed by atoms with Crippen LogP contribution in [0.3, 0.4) is 0 Å². The Balaban J connectivity index is 1.73. The van der Waals surface area contributed by atoms with Crippen molar-refractivity contribution >= 4 is 6.09 Å². The number of benzene rings is 1. The van der Waals surface area contributed by atoms with Gasteiger partial charge in [0.1, 0.15) is 5.75 Å². The van der Waals surface area contributed by atoms with Gasteiger partial charge < -0.3 is 14.5 Å². The smallest absolute Gasteiger partial charge is 0.410 e. The van der Waals surface area contributed by atoms with Crippen molar-refractivity contribution in [2.75, 3.05) is 41.3 Å². The molecule has 1 aromatic rings. The molecule has 2 aliphatic heterocycles. The number of carbonyl (C=O) groups is 1. The number of ether oxygens (including phenoxy) is 1. The number of hydrogen-bond acceptors (Lipinski definition) is 4. The molecule has 0 N–H and O–H groups in total. The quantitative estimate of drug-likeness (QED) is 0.835. The van der Waals surface area contributed by atoms with Gasteiger partial charge in [-0.2, -0.15) is 0 Å². The number of fused-ring (bicyclic) bond motifs is 1. The van der Waals surface area contributed by atoms with Crippen molar-refractivity contribution in [1.29, 1.82) is 0 Å². The van der Waals surface area contributed by atoms with Crippen molar-refractivity contribution in [3.63, 3.8) is 0 Å². The maximum Gasteiger partial charge on any atom is 0.414 e. The lowest BCUT2D eigenvalue weighted by molar-refractivity contribution is 0.0119. The van der Waals surface area contributed by atoms with Gasteiger partial charge in [0.2, 0.25) is 0 Å². The van der Waals surface area contributed by atoms with Gasteiger partial charge >= 0.3 is 6.09 Å². The molecule has 3 rings (SSSR count). The Hall–Kier alpha value is -1.59. The Morgan fingerprint density at radius 3 is 2.75 bits per heavy atom. The number of likely N-dealkylation sites (tertiary alicyclic amines) is 2. The minimum Gasteiger partial charge on any atom is -0.410 e. The van der Waals surface area contributed by atoms with E-state index in [0.29, 0.717) is 17.8 Å². The number of hydrogen-bond donors (Lipinski definition) is 0.